The molecule has 1 heterocycles. The Bertz CT molecular complexity index is 582. The van der Waals surface area contributed by atoms with Gasteiger partial charge < -0.3 is 9.67 Å². The lowest BCUT2D eigenvalue weighted by atomic mass is 10.2. The maximum atomic E-state index is 10.8. The summed E-state index contributed by atoms with van der Waals surface area (Å²) in [6.07, 6.45) is 1.40. The van der Waals surface area contributed by atoms with Crippen LogP contribution in [0.1, 0.15) is 12.5 Å². The van der Waals surface area contributed by atoms with Gasteiger partial charge in [-0.1, -0.05) is 18.2 Å². The van der Waals surface area contributed by atoms with Crippen molar-refractivity contribution in [1.82, 2.24) is 4.57 Å². The summed E-state index contributed by atoms with van der Waals surface area (Å²) in [5.41, 5.74) is 1.48. The van der Waals surface area contributed by atoms with Gasteiger partial charge in [-0.2, -0.15) is 0 Å². The Morgan fingerprint density at radius 1 is 1.44 bits per heavy atom. The second-order valence-electron chi connectivity index (χ2n) is 3.59. The van der Waals surface area contributed by atoms with Gasteiger partial charge in [-0.05, 0) is 6.07 Å². The molecule has 0 unspecified atom stereocenters. The number of hydrogen-bond acceptors (Lipinski definition) is 2. The van der Waals surface area contributed by atoms with Gasteiger partial charge in [0.05, 0.1) is 11.1 Å². The molecule has 0 saturated heterocycles. The van der Waals surface area contributed by atoms with Gasteiger partial charge in [0.15, 0.2) is 0 Å². The molecule has 0 bridgehead atoms. The highest BCUT2D eigenvalue weighted by atomic mass is 16.3. The number of para-hydroxylation sites is 1. The summed E-state index contributed by atoms with van der Waals surface area (Å²) >= 11 is 0. The van der Waals surface area contributed by atoms with E-state index in [0.717, 1.165) is 10.9 Å². The molecule has 82 valence electrons. The van der Waals surface area contributed by atoms with Gasteiger partial charge in [-0.25, -0.2) is 4.99 Å². The Labute approximate surface area is 92.8 Å². The molecule has 0 spiro atoms. The summed E-state index contributed by atoms with van der Waals surface area (Å²) in [7, 11) is 1.77. The average molecular weight is 216 g/mol. The van der Waals surface area contributed by atoms with Crippen LogP contribution >= 0.6 is 0 Å². The minimum atomic E-state index is -0.285. The molecule has 0 aliphatic carbocycles. The van der Waals surface area contributed by atoms with E-state index in [-0.39, 0.29) is 11.8 Å². The van der Waals surface area contributed by atoms with Crippen LogP contribution in [0.15, 0.2) is 29.3 Å². The lowest BCUT2D eigenvalue weighted by molar-refractivity contribution is -0.115. The predicted octanol–water partition coefficient (Wildman–Crippen LogP) is 1.85. The van der Waals surface area contributed by atoms with Gasteiger partial charge in [-0.3, -0.25) is 4.79 Å². The van der Waals surface area contributed by atoms with E-state index in [1.807, 2.05) is 24.3 Å². The maximum absolute atomic E-state index is 10.8. The molecule has 0 atom stereocenters. The van der Waals surface area contributed by atoms with Gasteiger partial charge in [0.2, 0.25) is 11.8 Å². The summed E-state index contributed by atoms with van der Waals surface area (Å²) in [6, 6.07) is 7.57. The first-order valence-corrected chi connectivity index (χ1v) is 4.92. The zero-order chi connectivity index (χ0) is 11.7. The Kier molecular flexibility index (Phi) is 2.48. The number of benzene rings is 1. The summed E-state index contributed by atoms with van der Waals surface area (Å²) in [5, 5.41) is 10.8. The second-order valence-corrected chi connectivity index (χ2v) is 3.59. The SMILES string of the molecule is CC(=O)N=Cc1c(O)n(C)c2ccccc12. The molecule has 16 heavy (non-hydrogen) atoms. The summed E-state index contributed by atoms with van der Waals surface area (Å²) in [5.74, 6) is -0.168. The number of aliphatic imine (C=N–C) groups is 1. The van der Waals surface area contributed by atoms with Crippen LogP contribution in [0.5, 0.6) is 5.88 Å². The lowest BCUT2D eigenvalue weighted by Gasteiger charge is -1.95. The van der Waals surface area contributed by atoms with Gasteiger partial charge in [0.1, 0.15) is 0 Å². The fourth-order valence-electron chi connectivity index (χ4n) is 1.69. The number of fused-ring (bicyclic) bond motifs is 1. The van der Waals surface area contributed by atoms with Crippen molar-refractivity contribution < 1.29 is 9.90 Å². The summed E-state index contributed by atoms with van der Waals surface area (Å²) in [4.78, 5) is 14.5. The minimum absolute atomic E-state index is 0.117. The third-order valence-electron chi connectivity index (χ3n) is 2.49. The standard InChI is InChI=1S/C12H12N2O2/c1-8(15)13-7-10-9-5-3-4-6-11(9)14(2)12(10)16/h3-7,16H,1-2H3. The van der Waals surface area contributed by atoms with Crippen molar-refractivity contribution >= 4 is 23.0 Å². The number of carbonyl (C=O) groups excluding carboxylic acids is 1. The lowest BCUT2D eigenvalue weighted by Crippen LogP contribution is -1.88. The molecule has 2 rings (SSSR count). The number of aromatic hydroxyl groups is 1. The molecule has 4 nitrogen and oxygen atoms in total. The number of hydrogen-bond donors (Lipinski definition) is 1. The Morgan fingerprint density at radius 2 is 2.12 bits per heavy atom. The predicted molar refractivity (Wildman–Crippen MR) is 62.9 cm³/mol. The molecule has 0 saturated carbocycles. The van der Waals surface area contributed by atoms with E-state index < -0.39 is 0 Å². The van der Waals surface area contributed by atoms with E-state index in [1.165, 1.54) is 13.1 Å². The average Bonchev–Trinajstić information content (AvgIpc) is 2.50. The molecular formula is C12H12N2O2. The third-order valence-corrected chi connectivity index (χ3v) is 2.49. The molecule has 1 N–H and O–H groups in total. The fourth-order valence-corrected chi connectivity index (χ4v) is 1.69. The molecule has 0 aliphatic rings. The molecule has 1 amide bonds. The van der Waals surface area contributed by atoms with E-state index in [0.29, 0.717) is 5.56 Å². The van der Waals surface area contributed by atoms with Gasteiger partial charge in [0.25, 0.3) is 0 Å². The number of amides is 1. The van der Waals surface area contributed by atoms with Crippen molar-refractivity contribution in [3.05, 3.63) is 29.8 Å². The number of aromatic nitrogens is 1. The van der Waals surface area contributed by atoms with Gasteiger partial charge >= 0.3 is 0 Å². The molecule has 1 aromatic carbocycles. The van der Waals surface area contributed by atoms with Crippen LogP contribution in [-0.4, -0.2) is 21.8 Å². The van der Waals surface area contributed by atoms with Crippen LogP contribution < -0.4 is 0 Å². The van der Waals surface area contributed by atoms with Crippen LogP contribution in [-0.2, 0) is 11.8 Å². The molecule has 0 radical (unpaired) electrons. The quantitative estimate of drug-likeness (QED) is 0.739. The second kappa shape index (κ2) is 3.81. The van der Waals surface area contributed by atoms with Crippen molar-refractivity contribution in [2.24, 2.45) is 12.0 Å². The normalized spacial score (nSPS) is 11.4. The zero-order valence-electron chi connectivity index (χ0n) is 9.14. The first-order valence-electron chi connectivity index (χ1n) is 4.92. The van der Waals surface area contributed by atoms with E-state index in [4.69, 9.17) is 0 Å². The molecule has 0 fully saturated rings. The number of aryl methyl sites for hydroxylation is 1. The van der Waals surface area contributed by atoms with Crippen molar-refractivity contribution in [3.63, 3.8) is 0 Å². The van der Waals surface area contributed by atoms with E-state index >= 15 is 0 Å². The van der Waals surface area contributed by atoms with Crippen LogP contribution in [0.2, 0.25) is 0 Å². The first kappa shape index (κ1) is 10.4. The maximum Gasteiger partial charge on any atom is 0.242 e. The van der Waals surface area contributed by atoms with Crippen LogP contribution in [0.3, 0.4) is 0 Å². The molecular weight excluding hydrogens is 204 g/mol. The number of nitrogens with zero attached hydrogens (tertiary/aromatic N) is 2. The largest absolute Gasteiger partial charge is 0.494 e. The van der Waals surface area contributed by atoms with E-state index in [2.05, 4.69) is 4.99 Å². The monoisotopic (exact) mass is 216 g/mol. The Balaban J connectivity index is 2.69. The number of rotatable bonds is 1. The minimum Gasteiger partial charge on any atom is -0.494 e. The molecule has 2 aromatic rings. The van der Waals surface area contributed by atoms with Crippen LogP contribution in [0, 0.1) is 0 Å². The number of carbonyl (C=O) groups is 1. The van der Waals surface area contributed by atoms with Crippen molar-refractivity contribution in [1.29, 1.82) is 0 Å². The molecule has 4 heteroatoms. The zero-order valence-corrected chi connectivity index (χ0v) is 9.14. The fraction of sp³-hybridized carbons (Fsp3) is 0.167. The molecule has 0 aliphatic heterocycles. The topological polar surface area (TPSA) is 54.6 Å². The Morgan fingerprint density at radius 3 is 2.81 bits per heavy atom. The first-order chi connectivity index (χ1) is 7.61. The molecule has 1 aromatic heterocycles. The summed E-state index contributed by atoms with van der Waals surface area (Å²) < 4.78 is 1.66. The van der Waals surface area contributed by atoms with Crippen LogP contribution in [0.4, 0.5) is 0 Å². The van der Waals surface area contributed by atoms with Crippen LogP contribution in [0.25, 0.3) is 10.9 Å². The Hall–Kier alpha value is -2.10. The van der Waals surface area contributed by atoms with Crippen molar-refractivity contribution in [2.45, 2.75) is 6.92 Å². The highest BCUT2D eigenvalue weighted by molar-refractivity contribution is 6.05. The van der Waals surface area contributed by atoms with E-state index in [1.54, 1.807) is 11.6 Å². The van der Waals surface area contributed by atoms with Crippen molar-refractivity contribution in [3.8, 4) is 5.88 Å². The smallest absolute Gasteiger partial charge is 0.242 e. The summed E-state index contributed by atoms with van der Waals surface area (Å²) in [6.45, 7) is 1.37. The van der Waals surface area contributed by atoms with Crippen molar-refractivity contribution in [2.75, 3.05) is 0 Å². The third kappa shape index (κ3) is 1.58. The van der Waals surface area contributed by atoms with E-state index in [9.17, 15) is 9.90 Å². The highest BCUT2D eigenvalue weighted by Gasteiger charge is 2.11. The highest BCUT2D eigenvalue weighted by Crippen LogP contribution is 2.28. The van der Waals surface area contributed by atoms with Gasteiger partial charge in [-0.15, -0.1) is 0 Å². The van der Waals surface area contributed by atoms with Gasteiger partial charge in [0, 0.05) is 25.6 Å².